The molecule has 0 fully saturated rings. The van der Waals surface area contributed by atoms with Gasteiger partial charge >= 0.3 is 0 Å². The Hall–Kier alpha value is -0.630. The Labute approximate surface area is 87.3 Å². The van der Waals surface area contributed by atoms with E-state index in [1.807, 2.05) is 12.1 Å². The molecule has 13 heavy (non-hydrogen) atoms. The van der Waals surface area contributed by atoms with Crippen molar-refractivity contribution in [3.63, 3.8) is 0 Å². The number of hydrogen-bond acceptors (Lipinski definition) is 1. The van der Waals surface area contributed by atoms with Gasteiger partial charge in [0.2, 0.25) is 0 Å². The first-order chi connectivity index (χ1) is 6.13. The highest BCUT2D eigenvalue weighted by Gasteiger charge is 2.03. The molecule has 0 spiro atoms. The van der Waals surface area contributed by atoms with Gasteiger partial charge in [0.1, 0.15) is 5.78 Å². The van der Waals surface area contributed by atoms with Gasteiger partial charge in [-0.15, -0.1) is 0 Å². The first kappa shape index (κ1) is 10.5. The van der Waals surface area contributed by atoms with Crippen LogP contribution in [-0.2, 0) is 17.6 Å². The molecule has 70 valence electrons. The van der Waals surface area contributed by atoms with Gasteiger partial charge in [-0.25, -0.2) is 0 Å². The number of rotatable bonds is 3. The number of carbonyl (C=O) groups excluding carboxylic acids is 1. The highest BCUT2D eigenvalue weighted by molar-refractivity contribution is 9.10. The van der Waals surface area contributed by atoms with Gasteiger partial charge in [-0.2, -0.15) is 0 Å². The van der Waals surface area contributed by atoms with Crippen LogP contribution >= 0.6 is 15.9 Å². The molecular formula is C11H13BrO. The summed E-state index contributed by atoms with van der Waals surface area (Å²) in [6.07, 6.45) is 1.53. The summed E-state index contributed by atoms with van der Waals surface area (Å²) < 4.78 is 1.08. The first-order valence-electron chi connectivity index (χ1n) is 4.40. The van der Waals surface area contributed by atoms with Gasteiger partial charge in [0.05, 0.1) is 0 Å². The number of ketones is 1. The summed E-state index contributed by atoms with van der Waals surface area (Å²) in [5.41, 5.74) is 2.41. The van der Waals surface area contributed by atoms with Crippen molar-refractivity contribution in [3.05, 3.63) is 33.8 Å². The van der Waals surface area contributed by atoms with E-state index < -0.39 is 0 Å². The van der Waals surface area contributed by atoms with Crippen molar-refractivity contribution in [1.82, 2.24) is 0 Å². The van der Waals surface area contributed by atoms with Gasteiger partial charge in [0, 0.05) is 10.9 Å². The molecule has 0 amide bonds. The number of benzene rings is 1. The minimum absolute atomic E-state index is 0.219. The van der Waals surface area contributed by atoms with E-state index >= 15 is 0 Å². The van der Waals surface area contributed by atoms with E-state index in [-0.39, 0.29) is 5.78 Å². The van der Waals surface area contributed by atoms with Crippen LogP contribution in [0.3, 0.4) is 0 Å². The van der Waals surface area contributed by atoms with Crippen LogP contribution in [0.2, 0.25) is 0 Å². The van der Waals surface area contributed by atoms with Crippen molar-refractivity contribution < 1.29 is 4.79 Å². The second-order valence-corrected chi connectivity index (χ2v) is 4.06. The fraction of sp³-hybridized carbons (Fsp3) is 0.364. The maximum Gasteiger partial charge on any atom is 0.134 e. The molecule has 0 aliphatic rings. The maximum absolute atomic E-state index is 11.0. The third-order valence-corrected chi connectivity index (χ3v) is 2.48. The number of halogens is 1. The number of Topliss-reactive ketones (excluding diaryl/α,β-unsaturated/α-hetero) is 1. The summed E-state index contributed by atoms with van der Waals surface area (Å²) in [4.78, 5) is 11.0. The average Bonchev–Trinajstić information content (AvgIpc) is 2.07. The minimum atomic E-state index is 0.219. The van der Waals surface area contributed by atoms with Crippen LogP contribution in [0.15, 0.2) is 22.7 Å². The zero-order valence-electron chi connectivity index (χ0n) is 7.93. The van der Waals surface area contributed by atoms with Crippen molar-refractivity contribution >= 4 is 21.7 Å². The van der Waals surface area contributed by atoms with E-state index in [0.717, 1.165) is 16.5 Å². The van der Waals surface area contributed by atoms with Gasteiger partial charge in [-0.3, -0.25) is 4.79 Å². The number of carbonyl (C=O) groups is 1. The highest BCUT2D eigenvalue weighted by atomic mass is 79.9. The van der Waals surface area contributed by atoms with Crippen LogP contribution in [0.4, 0.5) is 0 Å². The average molecular weight is 241 g/mol. The largest absolute Gasteiger partial charge is 0.300 e. The van der Waals surface area contributed by atoms with E-state index in [1.165, 1.54) is 5.56 Å². The summed E-state index contributed by atoms with van der Waals surface area (Å²) in [5.74, 6) is 0.219. The summed E-state index contributed by atoms with van der Waals surface area (Å²) in [7, 11) is 0. The molecule has 0 aliphatic heterocycles. The van der Waals surface area contributed by atoms with E-state index in [2.05, 4.69) is 28.9 Å². The van der Waals surface area contributed by atoms with Gasteiger partial charge < -0.3 is 0 Å². The topological polar surface area (TPSA) is 17.1 Å². The lowest BCUT2D eigenvalue weighted by atomic mass is 10.0. The Kier molecular flexibility index (Phi) is 3.67. The Morgan fingerprint density at radius 1 is 1.38 bits per heavy atom. The molecule has 0 radical (unpaired) electrons. The molecule has 1 aromatic rings. The molecule has 1 nitrogen and oxygen atoms in total. The van der Waals surface area contributed by atoms with Crippen molar-refractivity contribution in [3.8, 4) is 0 Å². The second-order valence-electron chi connectivity index (χ2n) is 3.15. The third kappa shape index (κ3) is 2.96. The molecule has 0 N–H and O–H groups in total. The summed E-state index contributed by atoms with van der Waals surface area (Å²) >= 11 is 3.42. The van der Waals surface area contributed by atoms with Crippen LogP contribution in [0.5, 0.6) is 0 Å². The van der Waals surface area contributed by atoms with Crippen molar-refractivity contribution in [1.29, 1.82) is 0 Å². The van der Waals surface area contributed by atoms with E-state index in [1.54, 1.807) is 6.92 Å². The summed E-state index contributed by atoms with van der Waals surface area (Å²) in [6.45, 7) is 3.73. The maximum atomic E-state index is 11.0. The predicted octanol–water partition coefficient (Wildman–Crippen LogP) is 3.14. The van der Waals surface area contributed by atoms with Crippen LogP contribution in [0.1, 0.15) is 25.0 Å². The Morgan fingerprint density at radius 3 is 2.62 bits per heavy atom. The van der Waals surface area contributed by atoms with E-state index in [9.17, 15) is 4.79 Å². The van der Waals surface area contributed by atoms with Crippen molar-refractivity contribution in [2.24, 2.45) is 0 Å². The lowest BCUT2D eigenvalue weighted by molar-refractivity contribution is -0.116. The zero-order chi connectivity index (χ0) is 9.84. The van der Waals surface area contributed by atoms with Crippen LogP contribution in [0, 0.1) is 0 Å². The molecule has 1 aromatic carbocycles. The summed E-state index contributed by atoms with van der Waals surface area (Å²) in [5, 5.41) is 0. The molecule has 0 saturated carbocycles. The SMILES string of the molecule is CCc1cc(Br)ccc1CC(C)=O. The van der Waals surface area contributed by atoms with E-state index in [0.29, 0.717) is 6.42 Å². The molecule has 1 rings (SSSR count). The summed E-state index contributed by atoms with van der Waals surface area (Å²) in [6, 6.07) is 6.08. The molecule has 0 bridgehead atoms. The molecule has 0 atom stereocenters. The van der Waals surface area contributed by atoms with Gasteiger partial charge in [0.25, 0.3) is 0 Å². The molecule has 2 heteroatoms. The quantitative estimate of drug-likeness (QED) is 0.794. The van der Waals surface area contributed by atoms with Gasteiger partial charge in [-0.1, -0.05) is 28.9 Å². The lowest BCUT2D eigenvalue weighted by Crippen LogP contribution is -2.00. The van der Waals surface area contributed by atoms with Crippen molar-refractivity contribution in [2.45, 2.75) is 26.7 Å². The molecule has 0 saturated heterocycles. The zero-order valence-corrected chi connectivity index (χ0v) is 9.52. The molecule has 0 unspecified atom stereocenters. The highest BCUT2D eigenvalue weighted by Crippen LogP contribution is 2.17. The van der Waals surface area contributed by atoms with Crippen LogP contribution in [0.25, 0.3) is 0 Å². The second kappa shape index (κ2) is 4.56. The Bertz CT molecular complexity index is 318. The fourth-order valence-electron chi connectivity index (χ4n) is 1.36. The predicted molar refractivity (Wildman–Crippen MR) is 57.9 cm³/mol. The fourth-order valence-corrected chi connectivity index (χ4v) is 1.77. The number of hydrogen-bond donors (Lipinski definition) is 0. The number of aryl methyl sites for hydroxylation is 1. The standard InChI is InChI=1S/C11H13BrO/c1-3-9-7-11(12)5-4-10(9)6-8(2)13/h4-5,7H,3,6H2,1-2H3. The lowest BCUT2D eigenvalue weighted by Gasteiger charge is -2.06. The minimum Gasteiger partial charge on any atom is -0.300 e. The normalized spacial score (nSPS) is 10.1. The van der Waals surface area contributed by atoms with Gasteiger partial charge in [0.15, 0.2) is 0 Å². The third-order valence-electron chi connectivity index (χ3n) is 1.99. The molecular weight excluding hydrogens is 228 g/mol. The molecule has 0 aliphatic carbocycles. The molecule has 0 aromatic heterocycles. The first-order valence-corrected chi connectivity index (χ1v) is 5.19. The van der Waals surface area contributed by atoms with Crippen LogP contribution < -0.4 is 0 Å². The van der Waals surface area contributed by atoms with Gasteiger partial charge in [-0.05, 0) is 36.6 Å². The Morgan fingerprint density at radius 2 is 2.08 bits per heavy atom. The smallest absolute Gasteiger partial charge is 0.134 e. The Balaban J connectivity index is 2.99. The molecule has 0 heterocycles. The van der Waals surface area contributed by atoms with E-state index in [4.69, 9.17) is 0 Å². The van der Waals surface area contributed by atoms with Crippen LogP contribution in [-0.4, -0.2) is 5.78 Å². The van der Waals surface area contributed by atoms with Crippen molar-refractivity contribution in [2.75, 3.05) is 0 Å². The monoisotopic (exact) mass is 240 g/mol.